The van der Waals surface area contributed by atoms with Crippen molar-refractivity contribution in [2.24, 2.45) is 5.92 Å². The van der Waals surface area contributed by atoms with Crippen molar-refractivity contribution in [2.75, 3.05) is 19.6 Å². The van der Waals surface area contributed by atoms with Gasteiger partial charge in [0.15, 0.2) is 5.78 Å². The lowest BCUT2D eigenvalue weighted by atomic mass is 10.0. The number of benzene rings is 1. The van der Waals surface area contributed by atoms with Crippen LogP contribution in [0, 0.1) is 19.8 Å². The first-order chi connectivity index (χ1) is 8.43. The van der Waals surface area contributed by atoms with E-state index in [0.29, 0.717) is 12.5 Å². The third kappa shape index (κ3) is 4.26. The fraction of sp³-hybridized carbons (Fsp3) is 0.562. The van der Waals surface area contributed by atoms with E-state index in [1.807, 2.05) is 26.0 Å². The molecule has 2 nitrogen and oxygen atoms in total. The normalized spacial score (nSPS) is 11.3. The van der Waals surface area contributed by atoms with Gasteiger partial charge in [0.2, 0.25) is 0 Å². The average molecular weight is 247 g/mol. The molecule has 0 saturated carbocycles. The van der Waals surface area contributed by atoms with Crippen LogP contribution in [-0.4, -0.2) is 30.3 Å². The summed E-state index contributed by atoms with van der Waals surface area (Å²) in [7, 11) is 0. The van der Waals surface area contributed by atoms with E-state index in [-0.39, 0.29) is 5.78 Å². The lowest BCUT2D eigenvalue weighted by Crippen LogP contribution is -2.33. The molecule has 0 radical (unpaired) electrons. The number of nitrogens with zero attached hydrogens (tertiary/aromatic N) is 1. The van der Waals surface area contributed by atoms with E-state index in [0.717, 1.165) is 29.8 Å². The van der Waals surface area contributed by atoms with Gasteiger partial charge < -0.3 is 0 Å². The molecule has 1 rings (SSSR count). The van der Waals surface area contributed by atoms with E-state index in [2.05, 4.69) is 31.7 Å². The Morgan fingerprint density at radius 3 is 2.50 bits per heavy atom. The molecule has 0 atom stereocenters. The van der Waals surface area contributed by atoms with Crippen molar-refractivity contribution in [3.8, 4) is 0 Å². The van der Waals surface area contributed by atoms with Gasteiger partial charge in [0.05, 0.1) is 6.54 Å². The first-order valence-corrected chi connectivity index (χ1v) is 6.76. The fourth-order valence-corrected chi connectivity index (χ4v) is 2.15. The monoisotopic (exact) mass is 247 g/mol. The van der Waals surface area contributed by atoms with Crippen molar-refractivity contribution in [1.82, 2.24) is 4.90 Å². The van der Waals surface area contributed by atoms with Crippen molar-refractivity contribution in [1.29, 1.82) is 0 Å². The maximum atomic E-state index is 12.3. The van der Waals surface area contributed by atoms with Gasteiger partial charge in [-0.2, -0.15) is 0 Å². The summed E-state index contributed by atoms with van der Waals surface area (Å²) in [5, 5.41) is 0. The molecule has 0 heterocycles. The summed E-state index contributed by atoms with van der Waals surface area (Å²) in [5.41, 5.74) is 3.10. The molecule has 1 aromatic rings. The SMILES string of the molecule is CCN(CC(=O)c1cc(C)ccc1C)CC(C)C. The lowest BCUT2D eigenvalue weighted by molar-refractivity contribution is 0.0925. The molecule has 0 aliphatic rings. The van der Waals surface area contributed by atoms with Crippen molar-refractivity contribution >= 4 is 5.78 Å². The molecule has 0 aliphatic carbocycles. The Bertz CT molecular complexity index is 410. The van der Waals surface area contributed by atoms with E-state index in [4.69, 9.17) is 0 Å². The van der Waals surface area contributed by atoms with Gasteiger partial charge in [0, 0.05) is 12.1 Å². The van der Waals surface area contributed by atoms with Crippen LogP contribution in [0.5, 0.6) is 0 Å². The highest BCUT2D eigenvalue weighted by molar-refractivity contribution is 5.99. The highest BCUT2D eigenvalue weighted by Gasteiger charge is 2.14. The summed E-state index contributed by atoms with van der Waals surface area (Å²) in [5.74, 6) is 0.829. The van der Waals surface area contributed by atoms with Crippen molar-refractivity contribution < 1.29 is 4.79 Å². The zero-order valence-electron chi connectivity index (χ0n) is 12.3. The van der Waals surface area contributed by atoms with Gasteiger partial charge in [0.25, 0.3) is 0 Å². The zero-order chi connectivity index (χ0) is 13.7. The minimum atomic E-state index is 0.235. The number of hydrogen-bond donors (Lipinski definition) is 0. The third-order valence-electron chi connectivity index (χ3n) is 3.13. The number of carbonyl (C=O) groups is 1. The van der Waals surface area contributed by atoms with E-state index in [1.54, 1.807) is 0 Å². The minimum absolute atomic E-state index is 0.235. The summed E-state index contributed by atoms with van der Waals surface area (Å²) in [6.07, 6.45) is 0. The Morgan fingerprint density at radius 1 is 1.28 bits per heavy atom. The van der Waals surface area contributed by atoms with Gasteiger partial charge >= 0.3 is 0 Å². The van der Waals surface area contributed by atoms with Gasteiger partial charge in [-0.05, 0) is 37.9 Å². The van der Waals surface area contributed by atoms with Crippen LogP contribution < -0.4 is 0 Å². The standard InChI is InChI=1S/C16H25NO/c1-6-17(10-12(2)3)11-16(18)15-9-13(4)7-8-14(15)5/h7-9,12H,6,10-11H2,1-5H3. The summed E-state index contributed by atoms with van der Waals surface area (Å²) in [4.78, 5) is 14.5. The molecule has 0 amide bonds. The largest absolute Gasteiger partial charge is 0.296 e. The molecule has 1 aromatic carbocycles. The number of Topliss-reactive ketones (excluding diaryl/α,β-unsaturated/α-hetero) is 1. The third-order valence-corrected chi connectivity index (χ3v) is 3.13. The minimum Gasteiger partial charge on any atom is -0.296 e. The number of rotatable bonds is 6. The van der Waals surface area contributed by atoms with Crippen molar-refractivity contribution in [2.45, 2.75) is 34.6 Å². The molecule has 18 heavy (non-hydrogen) atoms. The predicted molar refractivity (Wildman–Crippen MR) is 77.2 cm³/mol. The topological polar surface area (TPSA) is 20.3 Å². The molecule has 0 unspecified atom stereocenters. The van der Waals surface area contributed by atoms with Gasteiger partial charge in [-0.1, -0.05) is 38.5 Å². The van der Waals surface area contributed by atoms with E-state index in [9.17, 15) is 4.79 Å². The van der Waals surface area contributed by atoms with Crippen LogP contribution >= 0.6 is 0 Å². The van der Waals surface area contributed by atoms with Crippen LogP contribution in [0.3, 0.4) is 0 Å². The summed E-state index contributed by atoms with van der Waals surface area (Å²) < 4.78 is 0. The highest BCUT2D eigenvalue weighted by atomic mass is 16.1. The quantitative estimate of drug-likeness (QED) is 0.717. The van der Waals surface area contributed by atoms with Crippen LogP contribution in [0.1, 0.15) is 42.3 Å². The second kappa shape index (κ2) is 6.69. The molecule has 0 fully saturated rings. The van der Waals surface area contributed by atoms with Gasteiger partial charge in [-0.3, -0.25) is 9.69 Å². The molecular weight excluding hydrogens is 222 g/mol. The highest BCUT2D eigenvalue weighted by Crippen LogP contribution is 2.12. The van der Waals surface area contributed by atoms with Crippen LogP contribution in [-0.2, 0) is 0 Å². The first-order valence-electron chi connectivity index (χ1n) is 6.76. The lowest BCUT2D eigenvalue weighted by Gasteiger charge is -2.22. The Morgan fingerprint density at radius 2 is 1.94 bits per heavy atom. The van der Waals surface area contributed by atoms with Crippen molar-refractivity contribution in [3.63, 3.8) is 0 Å². The molecular formula is C16H25NO. The summed E-state index contributed by atoms with van der Waals surface area (Å²) in [6.45, 7) is 12.9. The Hall–Kier alpha value is -1.15. The van der Waals surface area contributed by atoms with Crippen molar-refractivity contribution in [3.05, 3.63) is 34.9 Å². The smallest absolute Gasteiger partial charge is 0.177 e. The second-order valence-electron chi connectivity index (χ2n) is 5.46. The number of aryl methyl sites for hydroxylation is 2. The van der Waals surface area contributed by atoms with Crippen LogP contribution in [0.4, 0.5) is 0 Å². The van der Waals surface area contributed by atoms with Gasteiger partial charge in [-0.25, -0.2) is 0 Å². The van der Waals surface area contributed by atoms with Crippen LogP contribution in [0.2, 0.25) is 0 Å². The number of ketones is 1. The summed E-state index contributed by atoms with van der Waals surface area (Å²) >= 11 is 0. The molecule has 0 spiro atoms. The van der Waals surface area contributed by atoms with Gasteiger partial charge in [-0.15, -0.1) is 0 Å². The molecule has 0 N–H and O–H groups in total. The van der Waals surface area contributed by atoms with Gasteiger partial charge in [0.1, 0.15) is 0 Å². The number of carbonyl (C=O) groups excluding carboxylic acids is 1. The van der Waals surface area contributed by atoms with Crippen LogP contribution in [0.15, 0.2) is 18.2 Å². The van der Waals surface area contributed by atoms with E-state index in [1.165, 1.54) is 0 Å². The van der Waals surface area contributed by atoms with Crippen LogP contribution in [0.25, 0.3) is 0 Å². The zero-order valence-corrected chi connectivity index (χ0v) is 12.3. The summed E-state index contributed by atoms with van der Waals surface area (Å²) in [6, 6.07) is 6.08. The number of likely N-dealkylation sites (N-methyl/N-ethyl adjacent to an activating group) is 1. The fourth-order valence-electron chi connectivity index (χ4n) is 2.15. The van der Waals surface area contributed by atoms with E-state index < -0.39 is 0 Å². The molecule has 100 valence electrons. The second-order valence-corrected chi connectivity index (χ2v) is 5.46. The number of hydrogen-bond acceptors (Lipinski definition) is 2. The molecule has 0 aromatic heterocycles. The molecule has 0 saturated heterocycles. The Kier molecular flexibility index (Phi) is 5.54. The molecule has 0 bridgehead atoms. The maximum Gasteiger partial charge on any atom is 0.177 e. The molecule has 2 heteroatoms. The maximum absolute atomic E-state index is 12.3. The predicted octanol–water partition coefficient (Wildman–Crippen LogP) is 3.46. The molecule has 0 aliphatic heterocycles. The first kappa shape index (κ1) is 14.9. The Labute approximate surface area is 111 Å². The average Bonchev–Trinajstić information content (AvgIpc) is 2.30. The van der Waals surface area contributed by atoms with E-state index >= 15 is 0 Å². The Balaban J connectivity index is 2.77.